The van der Waals surface area contributed by atoms with Gasteiger partial charge in [-0.25, -0.2) is 0 Å². The van der Waals surface area contributed by atoms with Crippen molar-refractivity contribution in [3.63, 3.8) is 0 Å². The Bertz CT molecular complexity index is 316. The fraction of sp³-hybridized carbons (Fsp3) is 0.923. The lowest BCUT2D eigenvalue weighted by molar-refractivity contribution is -0.212. The predicted octanol–water partition coefficient (Wildman–Crippen LogP) is 0.669. The minimum absolute atomic E-state index is 0.0284. The molecule has 98 valence electrons. The molecule has 4 heteroatoms. The highest BCUT2D eigenvalue weighted by Crippen LogP contribution is 2.52. The Labute approximate surface area is 102 Å². The molecule has 0 radical (unpaired) electrons. The fourth-order valence-electron chi connectivity index (χ4n) is 3.87. The van der Waals surface area contributed by atoms with Crippen molar-refractivity contribution in [3.05, 3.63) is 0 Å². The molecule has 1 amide bonds. The van der Waals surface area contributed by atoms with Crippen LogP contribution in [0.25, 0.3) is 0 Å². The second-order valence-electron chi connectivity index (χ2n) is 5.92. The molecule has 0 aromatic carbocycles. The van der Waals surface area contributed by atoms with E-state index < -0.39 is 11.7 Å². The van der Waals surface area contributed by atoms with Gasteiger partial charge in [0.05, 0.1) is 23.7 Å². The zero-order valence-electron chi connectivity index (χ0n) is 11.0. The van der Waals surface area contributed by atoms with Gasteiger partial charge < -0.3 is 15.5 Å². The van der Waals surface area contributed by atoms with Crippen molar-refractivity contribution in [2.24, 2.45) is 17.8 Å². The highest BCUT2D eigenvalue weighted by atomic mass is 16.3. The molecular formula is C13H23NO3. The molecule has 1 spiro atoms. The molecule has 0 aromatic rings. The number of amides is 1. The Balaban J connectivity index is 2.35. The van der Waals surface area contributed by atoms with E-state index in [0.29, 0.717) is 12.8 Å². The molecule has 4 nitrogen and oxygen atoms in total. The maximum absolute atomic E-state index is 11.3. The summed E-state index contributed by atoms with van der Waals surface area (Å²) in [5, 5.41) is 24.0. The lowest BCUT2D eigenvalue weighted by Crippen LogP contribution is -2.77. The SMILES string of the molecule is CCC1(O)C(C)C(C)C2(CC(=O)N2)C(C)C1O. The first-order valence-corrected chi connectivity index (χ1v) is 6.51. The normalized spacial score (nSPS) is 54.4. The zero-order valence-corrected chi connectivity index (χ0v) is 11.0. The Hall–Kier alpha value is -0.610. The monoisotopic (exact) mass is 241 g/mol. The van der Waals surface area contributed by atoms with Crippen LogP contribution in [0.5, 0.6) is 0 Å². The molecule has 17 heavy (non-hydrogen) atoms. The number of hydrogen-bond donors (Lipinski definition) is 3. The smallest absolute Gasteiger partial charge is 0.222 e. The van der Waals surface area contributed by atoms with Crippen LogP contribution in [0.1, 0.15) is 40.5 Å². The van der Waals surface area contributed by atoms with Crippen molar-refractivity contribution in [2.75, 3.05) is 0 Å². The average Bonchev–Trinajstić information content (AvgIpc) is 2.28. The van der Waals surface area contributed by atoms with Crippen molar-refractivity contribution in [1.82, 2.24) is 5.32 Å². The summed E-state index contributed by atoms with van der Waals surface area (Å²) in [5.74, 6) is 0.0734. The molecular weight excluding hydrogens is 218 g/mol. The number of β-lactam (4-membered cyclic amide) rings is 1. The number of carbonyl (C=O) groups excluding carboxylic acids is 1. The van der Waals surface area contributed by atoms with Crippen molar-refractivity contribution in [2.45, 2.75) is 57.8 Å². The second-order valence-corrected chi connectivity index (χ2v) is 5.92. The third kappa shape index (κ3) is 1.40. The summed E-state index contributed by atoms with van der Waals surface area (Å²) in [6, 6.07) is 0. The molecule has 6 unspecified atom stereocenters. The van der Waals surface area contributed by atoms with Crippen LogP contribution in [0.4, 0.5) is 0 Å². The van der Waals surface area contributed by atoms with Gasteiger partial charge in [0.15, 0.2) is 0 Å². The van der Waals surface area contributed by atoms with E-state index in [0.717, 1.165) is 0 Å². The average molecular weight is 241 g/mol. The van der Waals surface area contributed by atoms with Gasteiger partial charge in [0, 0.05) is 5.92 Å². The van der Waals surface area contributed by atoms with Gasteiger partial charge in [0.2, 0.25) is 5.91 Å². The van der Waals surface area contributed by atoms with Crippen LogP contribution in [0.15, 0.2) is 0 Å². The zero-order chi connectivity index (χ0) is 13.0. The topological polar surface area (TPSA) is 69.6 Å². The van der Waals surface area contributed by atoms with E-state index in [1.807, 2.05) is 20.8 Å². The quantitative estimate of drug-likeness (QED) is 0.591. The number of hydrogen-bond acceptors (Lipinski definition) is 3. The van der Waals surface area contributed by atoms with Crippen LogP contribution in [-0.2, 0) is 4.79 Å². The molecule has 6 atom stereocenters. The van der Waals surface area contributed by atoms with Crippen LogP contribution in [-0.4, -0.2) is 33.4 Å². The number of aliphatic hydroxyl groups excluding tert-OH is 1. The second kappa shape index (κ2) is 3.69. The lowest BCUT2D eigenvalue weighted by Gasteiger charge is -2.62. The van der Waals surface area contributed by atoms with Gasteiger partial charge in [-0.1, -0.05) is 27.7 Å². The summed E-state index contributed by atoms with van der Waals surface area (Å²) in [7, 11) is 0. The Kier molecular flexibility index (Phi) is 2.79. The van der Waals surface area contributed by atoms with E-state index in [9.17, 15) is 15.0 Å². The van der Waals surface area contributed by atoms with Gasteiger partial charge in [-0.05, 0) is 18.3 Å². The summed E-state index contributed by atoms with van der Waals surface area (Å²) in [4.78, 5) is 11.3. The van der Waals surface area contributed by atoms with E-state index in [1.165, 1.54) is 0 Å². The van der Waals surface area contributed by atoms with Crippen LogP contribution in [0.2, 0.25) is 0 Å². The van der Waals surface area contributed by atoms with Crippen molar-refractivity contribution >= 4 is 5.91 Å². The Morgan fingerprint density at radius 1 is 1.29 bits per heavy atom. The summed E-state index contributed by atoms with van der Waals surface area (Å²) in [5.41, 5.74) is -1.36. The standard InChI is InChI=1S/C13H23NO3/c1-5-13(17)8(3)7(2)12(6-10(15)14-12)9(4)11(13)16/h7-9,11,16-17H,5-6H2,1-4H3,(H,14,15). The van der Waals surface area contributed by atoms with Crippen LogP contribution in [0.3, 0.4) is 0 Å². The maximum atomic E-state index is 11.3. The molecule has 0 bridgehead atoms. The lowest BCUT2D eigenvalue weighted by atomic mass is 9.52. The first-order valence-electron chi connectivity index (χ1n) is 6.51. The summed E-state index contributed by atoms with van der Waals surface area (Å²) in [6.45, 7) is 7.85. The van der Waals surface area contributed by atoms with Crippen molar-refractivity contribution in [3.8, 4) is 0 Å². The number of aliphatic hydroxyl groups is 2. The van der Waals surface area contributed by atoms with Gasteiger partial charge in [0.25, 0.3) is 0 Å². The van der Waals surface area contributed by atoms with Crippen molar-refractivity contribution < 1.29 is 15.0 Å². The van der Waals surface area contributed by atoms with Crippen molar-refractivity contribution in [1.29, 1.82) is 0 Å². The molecule has 2 rings (SSSR count). The van der Waals surface area contributed by atoms with Crippen LogP contribution >= 0.6 is 0 Å². The Morgan fingerprint density at radius 3 is 2.24 bits per heavy atom. The van der Waals surface area contributed by atoms with Gasteiger partial charge >= 0.3 is 0 Å². The van der Waals surface area contributed by atoms with Gasteiger partial charge in [0.1, 0.15) is 0 Å². The molecule has 2 fully saturated rings. The molecule has 1 heterocycles. The molecule has 3 N–H and O–H groups in total. The highest BCUT2D eigenvalue weighted by Gasteiger charge is 2.63. The third-order valence-corrected chi connectivity index (χ3v) is 5.54. The van der Waals surface area contributed by atoms with Crippen LogP contribution in [0, 0.1) is 17.8 Å². The summed E-state index contributed by atoms with van der Waals surface area (Å²) in [6.07, 6.45) is 0.226. The number of carbonyl (C=O) groups is 1. The van der Waals surface area contributed by atoms with Crippen LogP contribution < -0.4 is 5.32 Å². The van der Waals surface area contributed by atoms with Gasteiger partial charge in [-0.3, -0.25) is 4.79 Å². The fourth-order valence-corrected chi connectivity index (χ4v) is 3.87. The van der Waals surface area contributed by atoms with E-state index in [2.05, 4.69) is 12.2 Å². The first kappa shape index (κ1) is 12.8. The molecule has 0 aromatic heterocycles. The number of rotatable bonds is 1. The highest BCUT2D eigenvalue weighted by molar-refractivity contribution is 5.85. The number of nitrogens with one attached hydrogen (secondary N) is 1. The van der Waals surface area contributed by atoms with E-state index in [1.54, 1.807) is 0 Å². The molecule has 1 saturated heterocycles. The van der Waals surface area contributed by atoms with E-state index in [-0.39, 0.29) is 29.2 Å². The Morgan fingerprint density at radius 2 is 1.82 bits per heavy atom. The van der Waals surface area contributed by atoms with Gasteiger partial charge in [-0.2, -0.15) is 0 Å². The first-order chi connectivity index (χ1) is 7.79. The largest absolute Gasteiger partial charge is 0.390 e. The third-order valence-electron chi connectivity index (χ3n) is 5.54. The molecule has 2 aliphatic rings. The minimum atomic E-state index is -1.04. The van der Waals surface area contributed by atoms with Gasteiger partial charge in [-0.15, -0.1) is 0 Å². The minimum Gasteiger partial charge on any atom is -0.390 e. The van der Waals surface area contributed by atoms with E-state index >= 15 is 0 Å². The predicted molar refractivity (Wildman–Crippen MR) is 64.2 cm³/mol. The molecule has 1 aliphatic carbocycles. The summed E-state index contributed by atoms with van der Waals surface area (Å²) >= 11 is 0. The summed E-state index contributed by atoms with van der Waals surface area (Å²) < 4.78 is 0. The molecule has 1 aliphatic heterocycles. The molecule has 1 saturated carbocycles. The maximum Gasteiger partial charge on any atom is 0.222 e. The van der Waals surface area contributed by atoms with E-state index in [4.69, 9.17) is 0 Å².